The maximum atomic E-state index is 6.07. The summed E-state index contributed by atoms with van der Waals surface area (Å²) in [5, 5.41) is 5.10. The van der Waals surface area contributed by atoms with Gasteiger partial charge in [-0.1, -0.05) is 42.8 Å². The summed E-state index contributed by atoms with van der Waals surface area (Å²) in [7, 11) is 0. The van der Waals surface area contributed by atoms with Crippen molar-refractivity contribution in [2.75, 3.05) is 11.9 Å². The Labute approximate surface area is 129 Å². The molecule has 0 bridgehead atoms. The van der Waals surface area contributed by atoms with Crippen LogP contribution in [0.25, 0.3) is 22.3 Å². The van der Waals surface area contributed by atoms with Crippen LogP contribution in [-0.2, 0) is 0 Å². The van der Waals surface area contributed by atoms with Crippen LogP contribution in [0.15, 0.2) is 48.5 Å². The lowest BCUT2D eigenvalue weighted by Crippen LogP contribution is -2.04. The Morgan fingerprint density at radius 3 is 2.71 bits per heavy atom. The fourth-order valence-electron chi connectivity index (χ4n) is 2.21. The monoisotopic (exact) mass is 297 g/mol. The predicted octanol–water partition coefficient (Wildman–Crippen LogP) is 4.77. The fraction of sp³-hybridized carbons (Fsp3) is 0.176. The molecule has 106 valence electrons. The van der Waals surface area contributed by atoms with Gasteiger partial charge in [-0.15, -0.1) is 0 Å². The van der Waals surface area contributed by atoms with Crippen molar-refractivity contribution in [2.45, 2.75) is 13.3 Å². The summed E-state index contributed by atoms with van der Waals surface area (Å²) in [4.78, 5) is 9.31. The molecule has 0 saturated heterocycles. The zero-order chi connectivity index (χ0) is 14.7. The lowest BCUT2D eigenvalue weighted by Gasteiger charge is -2.10. The van der Waals surface area contributed by atoms with Crippen molar-refractivity contribution >= 4 is 28.3 Å². The third-order valence-corrected chi connectivity index (χ3v) is 3.46. The molecule has 0 fully saturated rings. The highest BCUT2D eigenvalue weighted by molar-refractivity contribution is 6.30. The number of benzene rings is 2. The number of hydrogen-bond donors (Lipinski definition) is 1. The van der Waals surface area contributed by atoms with Crippen molar-refractivity contribution < 1.29 is 0 Å². The SMILES string of the molecule is CCCNc1nc(-c2cccc(Cl)c2)nc2ccccc12. The lowest BCUT2D eigenvalue weighted by atomic mass is 10.2. The zero-order valence-electron chi connectivity index (χ0n) is 11.8. The van der Waals surface area contributed by atoms with Crippen LogP contribution in [0.1, 0.15) is 13.3 Å². The number of aromatic nitrogens is 2. The first-order chi connectivity index (χ1) is 10.3. The topological polar surface area (TPSA) is 37.8 Å². The Kier molecular flexibility index (Phi) is 4.02. The molecule has 21 heavy (non-hydrogen) atoms. The molecule has 1 aromatic heterocycles. The summed E-state index contributed by atoms with van der Waals surface area (Å²) in [6.07, 6.45) is 1.05. The molecule has 3 aromatic rings. The van der Waals surface area contributed by atoms with Crippen molar-refractivity contribution in [2.24, 2.45) is 0 Å². The quantitative estimate of drug-likeness (QED) is 0.753. The maximum absolute atomic E-state index is 6.07. The van der Waals surface area contributed by atoms with E-state index in [9.17, 15) is 0 Å². The molecule has 2 aromatic carbocycles. The Morgan fingerprint density at radius 1 is 1.05 bits per heavy atom. The Bertz CT molecular complexity index is 771. The molecule has 0 unspecified atom stereocenters. The number of rotatable bonds is 4. The van der Waals surface area contributed by atoms with Gasteiger partial charge >= 0.3 is 0 Å². The molecule has 1 heterocycles. The van der Waals surface area contributed by atoms with Gasteiger partial charge in [0.2, 0.25) is 0 Å². The second kappa shape index (κ2) is 6.10. The standard InChI is InChI=1S/C17H16ClN3/c1-2-10-19-17-14-8-3-4-9-15(14)20-16(21-17)12-6-5-7-13(18)11-12/h3-9,11H,2,10H2,1H3,(H,19,20,21). The van der Waals surface area contributed by atoms with E-state index in [0.717, 1.165) is 35.2 Å². The van der Waals surface area contributed by atoms with Crippen molar-refractivity contribution in [1.82, 2.24) is 9.97 Å². The van der Waals surface area contributed by atoms with Gasteiger partial charge in [-0.2, -0.15) is 0 Å². The van der Waals surface area contributed by atoms with E-state index in [-0.39, 0.29) is 0 Å². The second-order valence-electron chi connectivity index (χ2n) is 4.85. The summed E-state index contributed by atoms with van der Waals surface area (Å²) >= 11 is 6.07. The molecule has 0 saturated carbocycles. The summed E-state index contributed by atoms with van der Waals surface area (Å²) in [5.41, 5.74) is 1.86. The molecule has 0 aliphatic carbocycles. The maximum Gasteiger partial charge on any atom is 0.162 e. The van der Waals surface area contributed by atoms with Crippen LogP contribution in [0, 0.1) is 0 Å². The van der Waals surface area contributed by atoms with Gasteiger partial charge in [0.05, 0.1) is 5.52 Å². The lowest BCUT2D eigenvalue weighted by molar-refractivity contribution is 0.970. The first-order valence-corrected chi connectivity index (χ1v) is 7.42. The van der Waals surface area contributed by atoms with Gasteiger partial charge in [0.1, 0.15) is 5.82 Å². The number of nitrogens with one attached hydrogen (secondary N) is 1. The van der Waals surface area contributed by atoms with Gasteiger partial charge in [-0.05, 0) is 30.7 Å². The van der Waals surface area contributed by atoms with E-state index in [0.29, 0.717) is 10.8 Å². The molecule has 3 nitrogen and oxygen atoms in total. The molecule has 0 amide bonds. The average molecular weight is 298 g/mol. The Balaban J connectivity index is 2.15. The molecule has 0 spiro atoms. The van der Waals surface area contributed by atoms with Crippen LogP contribution in [0.2, 0.25) is 5.02 Å². The molecule has 0 radical (unpaired) electrons. The summed E-state index contributed by atoms with van der Waals surface area (Å²) in [6, 6.07) is 15.6. The van der Waals surface area contributed by atoms with Gasteiger partial charge in [0.15, 0.2) is 5.82 Å². The van der Waals surface area contributed by atoms with E-state index in [2.05, 4.69) is 22.2 Å². The third kappa shape index (κ3) is 2.98. The highest BCUT2D eigenvalue weighted by Gasteiger charge is 2.09. The summed E-state index contributed by atoms with van der Waals surface area (Å²) < 4.78 is 0. The Hall–Kier alpha value is -2.13. The van der Waals surface area contributed by atoms with Crippen LogP contribution in [-0.4, -0.2) is 16.5 Å². The van der Waals surface area contributed by atoms with Crippen LogP contribution in [0.4, 0.5) is 5.82 Å². The van der Waals surface area contributed by atoms with Crippen molar-refractivity contribution in [1.29, 1.82) is 0 Å². The summed E-state index contributed by atoms with van der Waals surface area (Å²) in [5.74, 6) is 1.56. The van der Waals surface area contributed by atoms with Gasteiger partial charge in [-0.3, -0.25) is 0 Å². The van der Waals surface area contributed by atoms with E-state index >= 15 is 0 Å². The van der Waals surface area contributed by atoms with Crippen LogP contribution in [0.3, 0.4) is 0 Å². The average Bonchev–Trinajstić information content (AvgIpc) is 2.52. The van der Waals surface area contributed by atoms with Gasteiger partial charge in [0.25, 0.3) is 0 Å². The number of anilines is 1. The van der Waals surface area contributed by atoms with E-state index < -0.39 is 0 Å². The molecular weight excluding hydrogens is 282 g/mol. The molecule has 0 aliphatic rings. The predicted molar refractivity (Wildman–Crippen MR) is 88.8 cm³/mol. The van der Waals surface area contributed by atoms with Gasteiger partial charge < -0.3 is 5.32 Å². The molecule has 1 N–H and O–H groups in total. The number of fused-ring (bicyclic) bond motifs is 1. The second-order valence-corrected chi connectivity index (χ2v) is 5.29. The molecule has 0 aliphatic heterocycles. The minimum atomic E-state index is 0.687. The number of nitrogens with zero attached hydrogens (tertiary/aromatic N) is 2. The van der Waals surface area contributed by atoms with E-state index in [1.807, 2.05) is 48.5 Å². The van der Waals surface area contributed by atoms with E-state index in [4.69, 9.17) is 11.6 Å². The highest BCUT2D eigenvalue weighted by atomic mass is 35.5. The summed E-state index contributed by atoms with van der Waals surface area (Å²) in [6.45, 7) is 3.02. The smallest absolute Gasteiger partial charge is 0.162 e. The normalized spacial score (nSPS) is 10.8. The molecule has 3 rings (SSSR count). The van der Waals surface area contributed by atoms with Crippen LogP contribution < -0.4 is 5.32 Å². The van der Waals surface area contributed by atoms with Crippen molar-refractivity contribution in [3.8, 4) is 11.4 Å². The fourth-order valence-corrected chi connectivity index (χ4v) is 2.40. The van der Waals surface area contributed by atoms with Crippen LogP contribution >= 0.6 is 11.6 Å². The van der Waals surface area contributed by atoms with Crippen molar-refractivity contribution in [3.05, 3.63) is 53.6 Å². The third-order valence-electron chi connectivity index (χ3n) is 3.23. The first kappa shape index (κ1) is 13.8. The molecule has 4 heteroatoms. The number of halogens is 1. The van der Waals surface area contributed by atoms with Crippen LogP contribution in [0.5, 0.6) is 0 Å². The van der Waals surface area contributed by atoms with Gasteiger partial charge in [0, 0.05) is 22.5 Å². The zero-order valence-corrected chi connectivity index (χ0v) is 12.6. The Morgan fingerprint density at radius 2 is 1.90 bits per heavy atom. The van der Waals surface area contributed by atoms with Gasteiger partial charge in [-0.25, -0.2) is 9.97 Å². The largest absolute Gasteiger partial charge is 0.369 e. The minimum absolute atomic E-state index is 0.687. The first-order valence-electron chi connectivity index (χ1n) is 7.04. The number of para-hydroxylation sites is 1. The van der Waals surface area contributed by atoms with E-state index in [1.165, 1.54) is 0 Å². The highest BCUT2D eigenvalue weighted by Crippen LogP contribution is 2.26. The molecular formula is C17H16ClN3. The van der Waals surface area contributed by atoms with E-state index in [1.54, 1.807) is 0 Å². The minimum Gasteiger partial charge on any atom is -0.369 e. The molecule has 0 atom stereocenters. The van der Waals surface area contributed by atoms with Crippen molar-refractivity contribution in [3.63, 3.8) is 0 Å². The number of hydrogen-bond acceptors (Lipinski definition) is 3.